The van der Waals surface area contributed by atoms with E-state index < -0.39 is 14.7 Å². The Hall–Kier alpha value is -2.03. The van der Waals surface area contributed by atoms with Crippen LogP contribution in [0, 0.1) is 0 Å². The lowest BCUT2D eigenvalue weighted by Crippen LogP contribution is -2.40. The van der Waals surface area contributed by atoms with E-state index >= 15 is 0 Å². The van der Waals surface area contributed by atoms with Crippen molar-refractivity contribution in [3.05, 3.63) is 47.0 Å². The van der Waals surface area contributed by atoms with Crippen LogP contribution in [-0.4, -0.2) is 33.0 Å². The predicted octanol–water partition coefficient (Wildman–Crippen LogP) is 6.24. The first-order valence-corrected chi connectivity index (χ1v) is 13.6. The van der Waals surface area contributed by atoms with Crippen LogP contribution >= 0.6 is 0 Å². The Balaban J connectivity index is 1.98. The lowest BCUT2D eigenvalue weighted by molar-refractivity contribution is -0.274. The Labute approximate surface area is 188 Å². The van der Waals surface area contributed by atoms with E-state index in [9.17, 15) is 18.3 Å². The van der Waals surface area contributed by atoms with Crippen molar-refractivity contribution in [2.24, 2.45) is 0 Å². The smallest absolute Gasteiger partial charge is 0.492 e. The van der Waals surface area contributed by atoms with Crippen molar-refractivity contribution in [3.63, 3.8) is 0 Å². The molecular formula is C24H31F3O4Si. The maximum absolute atomic E-state index is 12.5. The van der Waals surface area contributed by atoms with Crippen LogP contribution in [0.15, 0.2) is 30.3 Å². The SMILES string of the molecule is CC(C)(C)[Si](C)(C)OCc1c(CCO)cc(-c2ccc(OC(F)(F)F)cc2)c2c1CCO2. The zero-order valence-electron chi connectivity index (χ0n) is 19.2. The second-order valence-electron chi connectivity index (χ2n) is 9.56. The third kappa shape index (κ3) is 5.47. The minimum Gasteiger partial charge on any atom is -0.492 e. The van der Waals surface area contributed by atoms with Crippen LogP contribution in [-0.2, 0) is 23.9 Å². The van der Waals surface area contributed by atoms with Crippen LogP contribution in [0.4, 0.5) is 13.2 Å². The summed E-state index contributed by atoms with van der Waals surface area (Å²) in [7, 11) is -1.98. The van der Waals surface area contributed by atoms with Gasteiger partial charge in [0.15, 0.2) is 8.32 Å². The van der Waals surface area contributed by atoms with Gasteiger partial charge in [-0.2, -0.15) is 0 Å². The van der Waals surface area contributed by atoms with Gasteiger partial charge in [0.2, 0.25) is 0 Å². The van der Waals surface area contributed by atoms with Crippen LogP contribution in [0.25, 0.3) is 11.1 Å². The molecule has 8 heteroatoms. The van der Waals surface area contributed by atoms with Gasteiger partial charge in [-0.25, -0.2) is 0 Å². The quantitative estimate of drug-likeness (QED) is 0.489. The van der Waals surface area contributed by atoms with Crippen LogP contribution < -0.4 is 9.47 Å². The van der Waals surface area contributed by atoms with E-state index in [4.69, 9.17) is 9.16 Å². The fourth-order valence-electron chi connectivity index (χ4n) is 3.55. The topological polar surface area (TPSA) is 47.9 Å². The highest BCUT2D eigenvalue weighted by Gasteiger charge is 2.38. The number of halogens is 3. The molecule has 0 spiro atoms. The second-order valence-corrected chi connectivity index (χ2v) is 14.4. The summed E-state index contributed by atoms with van der Waals surface area (Å²) in [5.41, 5.74) is 4.61. The van der Waals surface area contributed by atoms with E-state index in [-0.39, 0.29) is 17.4 Å². The summed E-state index contributed by atoms with van der Waals surface area (Å²) in [6.45, 7) is 12.0. The summed E-state index contributed by atoms with van der Waals surface area (Å²) in [4.78, 5) is 0. The van der Waals surface area contributed by atoms with E-state index in [2.05, 4.69) is 38.6 Å². The van der Waals surface area contributed by atoms with Crippen molar-refractivity contribution in [2.45, 2.75) is 64.7 Å². The zero-order valence-corrected chi connectivity index (χ0v) is 20.2. The molecule has 0 radical (unpaired) electrons. The number of alkyl halides is 3. The molecule has 2 aromatic carbocycles. The monoisotopic (exact) mass is 468 g/mol. The molecule has 0 aliphatic carbocycles. The summed E-state index contributed by atoms with van der Waals surface area (Å²) in [6, 6.07) is 7.73. The van der Waals surface area contributed by atoms with Crippen LogP contribution in [0.1, 0.15) is 37.5 Å². The number of fused-ring (bicyclic) bond motifs is 1. The molecule has 0 aromatic heterocycles. The van der Waals surface area contributed by atoms with Gasteiger partial charge < -0.3 is 19.0 Å². The molecule has 3 rings (SSSR count). The molecule has 0 unspecified atom stereocenters. The first-order valence-electron chi connectivity index (χ1n) is 10.7. The summed E-state index contributed by atoms with van der Waals surface area (Å²) in [5.74, 6) is 0.471. The van der Waals surface area contributed by atoms with Crippen molar-refractivity contribution in [3.8, 4) is 22.6 Å². The largest absolute Gasteiger partial charge is 0.573 e. The van der Waals surface area contributed by atoms with Crippen molar-refractivity contribution < 1.29 is 32.2 Å². The summed E-state index contributed by atoms with van der Waals surface area (Å²) in [5, 5.41) is 9.74. The van der Waals surface area contributed by atoms with Gasteiger partial charge in [0, 0.05) is 24.2 Å². The average molecular weight is 469 g/mol. The van der Waals surface area contributed by atoms with E-state index in [0.29, 0.717) is 19.6 Å². The molecule has 0 bridgehead atoms. The molecule has 32 heavy (non-hydrogen) atoms. The predicted molar refractivity (Wildman–Crippen MR) is 121 cm³/mol. The van der Waals surface area contributed by atoms with Gasteiger partial charge in [-0.3, -0.25) is 0 Å². The standard InChI is InChI=1S/C24H31F3O4Si/c1-23(2,3)32(4,5)30-15-21-17(10-12-28)14-20(22-19(21)11-13-29-22)16-6-8-18(9-7-16)31-24(25,26)27/h6-9,14,28H,10-13,15H2,1-5H3. The highest BCUT2D eigenvalue weighted by atomic mass is 28.4. The maximum Gasteiger partial charge on any atom is 0.573 e. The number of aliphatic hydroxyl groups is 1. The first-order chi connectivity index (χ1) is 14.8. The van der Waals surface area contributed by atoms with Crippen molar-refractivity contribution >= 4 is 8.32 Å². The lowest BCUT2D eigenvalue weighted by atomic mass is 9.91. The third-order valence-electron chi connectivity index (χ3n) is 6.35. The first kappa shape index (κ1) is 24.6. The average Bonchev–Trinajstić information content (AvgIpc) is 3.15. The summed E-state index contributed by atoms with van der Waals surface area (Å²) < 4.78 is 53.9. The maximum atomic E-state index is 12.5. The molecule has 0 saturated heterocycles. The lowest BCUT2D eigenvalue weighted by Gasteiger charge is -2.36. The minimum absolute atomic E-state index is 0.00939. The third-order valence-corrected chi connectivity index (χ3v) is 10.8. The van der Waals surface area contributed by atoms with Crippen LogP contribution in [0.5, 0.6) is 11.5 Å². The van der Waals surface area contributed by atoms with Crippen molar-refractivity contribution in [1.29, 1.82) is 0 Å². The number of benzene rings is 2. The number of aliphatic hydroxyl groups excluding tert-OH is 1. The molecule has 0 fully saturated rings. The highest BCUT2D eigenvalue weighted by Crippen LogP contribution is 2.43. The normalized spacial score (nSPS) is 14.3. The van der Waals surface area contributed by atoms with Gasteiger partial charge in [0.05, 0.1) is 13.2 Å². The van der Waals surface area contributed by atoms with Gasteiger partial charge in [-0.1, -0.05) is 32.9 Å². The number of hydrogen-bond donors (Lipinski definition) is 1. The molecule has 176 valence electrons. The van der Waals surface area contributed by atoms with E-state index in [1.54, 1.807) is 12.1 Å². The Bertz CT molecular complexity index is 948. The molecule has 2 aromatic rings. The van der Waals surface area contributed by atoms with Gasteiger partial charge in [-0.05, 0) is 59.4 Å². The number of ether oxygens (including phenoxy) is 2. The van der Waals surface area contributed by atoms with Gasteiger partial charge in [0.25, 0.3) is 0 Å². The number of rotatable bonds is 7. The Kier molecular flexibility index (Phi) is 6.98. The van der Waals surface area contributed by atoms with Gasteiger partial charge in [-0.15, -0.1) is 13.2 Å². The number of hydrogen-bond acceptors (Lipinski definition) is 4. The molecule has 1 aliphatic rings. The molecule has 1 heterocycles. The second kappa shape index (κ2) is 9.07. The molecule has 4 nitrogen and oxygen atoms in total. The Morgan fingerprint density at radius 2 is 1.75 bits per heavy atom. The van der Waals surface area contributed by atoms with E-state index in [0.717, 1.165) is 40.0 Å². The van der Waals surface area contributed by atoms with E-state index in [1.807, 2.05) is 6.07 Å². The Morgan fingerprint density at radius 1 is 1.09 bits per heavy atom. The summed E-state index contributed by atoms with van der Waals surface area (Å²) in [6.07, 6.45) is -3.54. The van der Waals surface area contributed by atoms with Crippen LogP contribution in [0.3, 0.4) is 0 Å². The van der Waals surface area contributed by atoms with Crippen molar-refractivity contribution in [1.82, 2.24) is 0 Å². The molecule has 1 aliphatic heterocycles. The molecule has 0 atom stereocenters. The summed E-state index contributed by atoms with van der Waals surface area (Å²) >= 11 is 0. The molecule has 1 N–H and O–H groups in total. The fourth-order valence-corrected chi connectivity index (χ4v) is 4.49. The zero-order chi connectivity index (χ0) is 23.7. The van der Waals surface area contributed by atoms with E-state index in [1.165, 1.54) is 12.1 Å². The minimum atomic E-state index is -4.73. The van der Waals surface area contributed by atoms with Gasteiger partial charge in [0.1, 0.15) is 11.5 Å². The van der Waals surface area contributed by atoms with Crippen LogP contribution in [0.2, 0.25) is 18.1 Å². The van der Waals surface area contributed by atoms with Gasteiger partial charge >= 0.3 is 6.36 Å². The molecule has 0 amide bonds. The van der Waals surface area contributed by atoms with Crippen molar-refractivity contribution in [2.75, 3.05) is 13.2 Å². The molecule has 0 saturated carbocycles. The highest BCUT2D eigenvalue weighted by molar-refractivity contribution is 6.74. The molecular weight excluding hydrogens is 437 g/mol. The Morgan fingerprint density at radius 3 is 2.31 bits per heavy atom. The fraction of sp³-hybridized carbons (Fsp3) is 0.500.